The Labute approximate surface area is 121 Å². The van der Waals surface area contributed by atoms with Gasteiger partial charge >= 0.3 is 5.97 Å². The molecular weight excluding hydrogens is 274 g/mol. The summed E-state index contributed by atoms with van der Waals surface area (Å²) in [7, 11) is 3.02. The van der Waals surface area contributed by atoms with Crippen molar-refractivity contribution in [2.75, 3.05) is 14.2 Å². The van der Waals surface area contributed by atoms with E-state index in [2.05, 4.69) is 5.32 Å². The molecule has 110 valence electrons. The number of carbonyl (C=O) groups is 1. The third kappa shape index (κ3) is 2.34. The lowest BCUT2D eigenvalue weighted by Gasteiger charge is -2.13. The summed E-state index contributed by atoms with van der Waals surface area (Å²) < 4.78 is 21.1. The predicted molar refractivity (Wildman–Crippen MR) is 73.3 cm³/mol. The lowest BCUT2D eigenvalue weighted by atomic mass is 10.1. The molecule has 21 heavy (non-hydrogen) atoms. The lowest BCUT2D eigenvalue weighted by molar-refractivity contribution is 0.0297. The Morgan fingerprint density at radius 3 is 2.76 bits per heavy atom. The van der Waals surface area contributed by atoms with Gasteiger partial charge in [0.2, 0.25) is 0 Å². The minimum atomic E-state index is -0.530. The number of ether oxygens (including phenoxy) is 3. The number of furan rings is 1. The van der Waals surface area contributed by atoms with Crippen LogP contribution >= 0.6 is 0 Å². The highest BCUT2D eigenvalue weighted by atomic mass is 16.6. The van der Waals surface area contributed by atoms with Crippen LogP contribution in [0.25, 0.3) is 0 Å². The van der Waals surface area contributed by atoms with Gasteiger partial charge in [0.25, 0.3) is 0 Å². The monoisotopic (exact) mass is 289 g/mol. The van der Waals surface area contributed by atoms with E-state index in [1.807, 2.05) is 6.07 Å². The van der Waals surface area contributed by atoms with Crippen LogP contribution in [0.3, 0.4) is 0 Å². The molecule has 0 fully saturated rings. The van der Waals surface area contributed by atoms with Gasteiger partial charge in [-0.1, -0.05) is 0 Å². The summed E-state index contributed by atoms with van der Waals surface area (Å²) >= 11 is 0. The van der Waals surface area contributed by atoms with Gasteiger partial charge in [0.1, 0.15) is 11.3 Å². The van der Waals surface area contributed by atoms with E-state index >= 15 is 0 Å². The van der Waals surface area contributed by atoms with E-state index < -0.39 is 12.2 Å². The van der Waals surface area contributed by atoms with Crippen LogP contribution in [0, 0.1) is 0 Å². The van der Waals surface area contributed by atoms with Gasteiger partial charge in [-0.3, -0.25) is 5.32 Å². The normalized spacial score (nSPS) is 16.5. The van der Waals surface area contributed by atoms with Crippen molar-refractivity contribution in [1.29, 1.82) is 0 Å². The number of fused-ring (bicyclic) bond motifs is 1. The molecule has 0 spiro atoms. The maximum atomic E-state index is 12.1. The number of rotatable bonds is 5. The van der Waals surface area contributed by atoms with Crippen molar-refractivity contribution in [2.24, 2.45) is 0 Å². The van der Waals surface area contributed by atoms with Crippen LogP contribution in [-0.2, 0) is 11.3 Å². The van der Waals surface area contributed by atoms with E-state index in [9.17, 15) is 4.79 Å². The van der Waals surface area contributed by atoms with Gasteiger partial charge in [0.05, 0.1) is 27.0 Å². The number of benzene rings is 1. The van der Waals surface area contributed by atoms with E-state index in [0.717, 1.165) is 11.3 Å². The summed E-state index contributed by atoms with van der Waals surface area (Å²) in [5.74, 6) is 1.22. The van der Waals surface area contributed by atoms with Crippen LogP contribution in [0.5, 0.6) is 11.5 Å². The fourth-order valence-electron chi connectivity index (χ4n) is 2.36. The largest absolute Gasteiger partial charge is 0.493 e. The van der Waals surface area contributed by atoms with Crippen molar-refractivity contribution in [2.45, 2.75) is 12.8 Å². The second-order valence-corrected chi connectivity index (χ2v) is 4.51. The minimum absolute atomic E-state index is 0.391. The van der Waals surface area contributed by atoms with Gasteiger partial charge in [-0.05, 0) is 24.3 Å². The third-order valence-corrected chi connectivity index (χ3v) is 3.33. The first-order valence-corrected chi connectivity index (χ1v) is 6.46. The zero-order valence-electron chi connectivity index (χ0n) is 11.7. The Balaban J connectivity index is 1.87. The Hall–Kier alpha value is -2.47. The zero-order valence-corrected chi connectivity index (χ0v) is 11.7. The molecule has 0 radical (unpaired) electrons. The maximum absolute atomic E-state index is 12.1. The van der Waals surface area contributed by atoms with E-state index in [-0.39, 0.29) is 0 Å². The van der Waals surface area contributed by atoms with Crippen LogP contribution in [0.4, 0.5) is 0 Å². The van der Waals surface area contributed by atoms with Crippen molar-refractivity contribution in [3.05, 3.63) is 47.4 Å². The lowest BCUT2D eigenvalue weighted by Crippen LogP contribution is -2.20. The van der Waals surface area contributed by atoms with Crippen LogP contribution < -0.4 is 14.8 Å². The zero-order chi connectivity index (χ0) is 14.8. The second-order valence-electron chi connectivity index (χ2n) is 4.51. The summed E-state index contributed by atoms with van der Waals surface area (Å²) in [6.45, 7) is 0.457. The van der Waals surface area contributed by atoms with Gasteiger partial charge in [-0.15, -0.1) is 0 Å². The molecule has 1 atom stereocenters. The molecule has 6 heteroatoms. The Bertz CT molecular complexity index is 650. The number of cyclic esters (lactones) is 1. The number of methoxy groups -OCH3 is 2. The first kappa shape index (κ1) is 13.5. The highest BCUT2D eigenvalue weighted by Crippen LogP contribution is 2.40. The molecule has 0 amide bonds. The molecule has 2 aromatic rings. The standard InChI is InChI=1S/C15H15NO5/c1-18-11-6-5-10-12(13(11)19-2)15(17)21-14(10)16-8-9-4-3-7-20-9/h3-7,14,16H,8H2,1-2H3/t14-/m0/s1. The predicted octanol–water partition coefficient (Wildman–Crippen LogP) is 2.26. The van der Waals surface area contributed by atoms with Crippen molar-refractivity contribution in [3.63, 3.8) is 0 Å². The summed E-state index contributed by atoms with van der Waals surface area (Å²) in [5, 5.41) is 3.13. The van der Waals surface area contributed by atoms with Gasteiger partial charge in [-0.2, -0.15) is 0 Å². The minimum Gasteiger partial charge on any atom is -0.493 e. The number of carbonyl (C=O) groups excluding carboxylic acids is 1. The molecule has 0 unspecified atom stereocenters. The van der Waals surface area contributed by atoms with Crippen molar-refractivity contribution in [1.82, 2.24) is 5.32 Å². The van der Waals surface area contributed by atoms with E-state index in [1.165, 1.54) is 14.2 Å². The molecule has 1 aromatic heterocycles. The SMILES string of the molecule is COc1ccc2c(c1OC)C(=O)O[C@@H]2NCc1ccco1. The topological polar surface area (TPSA) is 69.9 Å². The summed E-state index contributed by atoms with van der Waals surface area (Å²) in [5.41, 5.74) is 1.12. The molecule has 0 saturated carbocycles. The van der Waals surface area contributed by atoms with E-state index in [4.69, 9.17) is 18.6 Å². The summed E-state index contributed by atoms with van der Waals surface area (Å²) in [6, 6.07) is 7.20. The van der Waals surface area contributed by atoms with Crippen molar-refractivity contribution in [3.8, 4) is 11.5 Å². The maximum Gasteiger partial charge on any atom is 0.344 e. The number of hydrogen-bond acceptors (Lipinski definition) is 6. The molecule has 1 aliphatic heterocycles. The Morgan fingerprint density at radius 2 is 2.10 bits per heavy atom. The fourth-order valence-corrected chi connectivity index (χ4v) is 2.36. The molecule has 1 N–H and O–H groups in total. The van der Waals surface area contributed by atoms with Crippen LogP contribution in [-0.4, -0.2) is 20.2 Å². The van der Waals surface area contributed by atoms with Crippen LogP contribution in [0.15, 0.2) is 34.9 Å². The molecule has 0 aliphatic carbocycles. The number of nitrogens with one attached hydrogen (secondary N) is 1. The molecule has 3 rings (SSSR count). The third-order valence-electron chi connectivity index (χ3n) is 3.33. The van der Waals surface area contributed by atoms with Gasteiger partial charge < -0.3 is 18.6 Å². The Kier molecular flexibility index (Phi) is 3.53. The smallest absolute Gasteiger partial charge is 0.344 e. The molecule has 2 heterocycles. The first-order valence-electron chi connectivity index (χ1n) is 6.46. The second kappa shape index (κ2) is 5.49. The quantitative estimate of drug-likeness (QED) is 0.851. The van der Waals surface area contributed by atoms with Gasteiger partial charge in [-0.25, -0.2) is 4.79 Å². The van der Waals surface area contributed by atoms with E-state index in [0.29, 0.717) is 23.6 Å². The summed E-state index contributed by atoms with van der Waals surface area (Å²) in [4.78, 5) is 12.1. The highest BCUT2D eigenvalue weighted by Gasteiger charge is 2.35. The molecule has 0 bridgehead atoms. The van der Waals surface area contributed by atoms with E-state index in [1.54, 1.807) is 24.5 Å². The fraction of sp³-hybridized carbons (Fsp3) is 0.267. The highest BCUT2D eigenvalue weighted by molar-refractivity contribution is 5.98. The number of esters is 1. The summed E-state index contributed by atoms with van der Waals surface area (Å²) in [6.07, 6.45) is 1.07. The molecular formula is C15H15NO5. The van der Waals surface area contributed by atoms with Crippen molar-refractivity contribution < 1.29 is 23.4 Å². The molecule has 1 aromatic carbocycles. The van der Waals surface area contributed by atoms with Crippen LogP contribution in [0.2, 0.25) is 0 Å². The molecule has 1 aliphatic rings. The van der Waals surface area contributed by atoms with Gasteiger partial charge in [0, 0.05) is 5.56 Å². The van der Waals surface area contributed by atoms with Gasteiger partial charge in [0.15, 0.2) is 17.7 Å². The molecule has 6 nitrogen and oxygen atoms in total. The van der Waals surface area contributed by atoms with Crippen LogP contribution in [0.1, 0.15) is 27.9 Å². The molecule has 0 saturated heterocycles. The number of hydrogen-bond donors (Lipinski definition) is 1. The average molecular weight is 289 g/mol. The Morgan fingerprint density at radius 1 is 1.24 bits per heavy atom. The van der Waals surface area contributed by atoms with Crippen molar-refractivity contribution >= 4 is 5.97 Å². The average Bonchev–Trinajstić information content (AvgIpc) is 3.12. The first-order chi connectivity index (χ1) is 10.2.